The highest BCUT2D eigenvalue weighted by atomic mass is 16.5. The van der Waals surface area contributed by atoms with Gasteiger partial charge in [0.15, 0.2) is 0 Å². The van der Waals surface area contributed by atoms with Crippen molar-refractivity contribution in [3.63, 3.8) is 0 Å². The molecule has 1 fully saturated rings. The van der Waals surface area contributed by atoms with E-state index in [4.69, 9.17) is 9.84 Å². The van der Waals surface area contributed by atoms with Gasteiger partial charge in [-0.15, -0.1) is 0 Å². The smallest absolute Gasteiger partial charge is 0.0616 e. The third-order valence-electron chi connectivity index (χ3n) is 4.27. The Bertz CT molecular complexity index is 211. The van der Waals surface area contributed by atoms with Gasteiger partial charge in [0, 0.05) is 25.8 Å². The van der Waals surface area contributed by atoms with Gasteiger partial charge in [-0.05, 0) is 43.4 Å². The zero-order valence-electron chi connectivity index (χ0n) is 12.5. The van der Waals surface area contributed by atoms with E-state index < -0.39 is 0 Å². The van der Waals surface area contributed by atoms with Crippen LogP contribution in [0.25, 0.3) is 0 Å². The fourth-order valence-corrected chi connectivity index (χ4v) is 3.03. The molecule has 1 rings (SSSR count). The predicted octanol–water partition coefficient (Wildman–Crippen LogP) is 2.58. The summed E-state index contributed by atoms with van der Waals surface area (Å²) in [6, 6.07) is 0.909. The number of aliphatic hydroxyl groups is 1. The van der Waals surface area contributed by atoms with Gasteiger partial charge in [0.2, 0.25) is 0 Å². The van der Waals surface area contributed by atoms with Crippen molar-refractivity contribution in [1.82, 2.24) is 5.32 Å². The zero-order valence-corrected chi connectivity index (χ0v) is 12.5. The van der Waals surface area contributed by atoms with E-state index in [2.05, 4.69) is 26.1 Å². The minimum absolute atomic E-state index is 0.234. The number of ether oxygens (including phenoxy) is 1. The summed E-state index contributed by atoms with van der Waals surface area (Å²) in [6.45, 7) is 7.98. The molecule has 0 aliphatic heterocycles. The van der Waals surface area contributed by atoms with Gasteiger partial charge >= 0.3 is 0 Å². The molecule has 0 aromatic carbocycles. The molecule has 0 radical (unpaired) electrons. The SMILES string of the molecule is COCC(CCO)NC1CCC(C(C)(C)C)CC1. The van der Waals surface area contributed by atoms with Crippen LogP contribution in [0.1, 0.15) is 52.9 Å². The van der Waals surface area contributed by atoms with E-state index in [0.717, 1.165) is 12.3 Å². The second-order valence-electron chi connectivity index (χ2n) is 6.75. The second kappa shape index (κ2) is 7.46. The second-order valence-corrected chi connectivity index (χ2v) is 6.75. The summed E-state index contributed by atoms with van der Waals surface area (Å²) in [4.78, 5) is 0. The molecule has 1 unspecified atom stereocenters. The van der Waals surface area contributed by atoms with Crippen molar-refractivity contribution < 1.29 is 9.84 Å². The molecule has 18 heavy (non-hydrogen) atoms. The van der Waals surface area contributed by atoms with Gasteiger partial charge in [0.05, 0.1) is 6.61 Å². The standard InChI is InChI=1S/C15H31NO2/c1-15(2,3)12-5-7-13(8-6-12)16-14(9-10-17)11-18-4/h12-14,16-17H,5-11H2,1-4H3. The highest BCUT2D eigenvalue weighted by molar-refractivity contribution is 4.85. The average molecular weight is 257 g/mol. The Morgan fingerprint density at radius 3 is 2.28 bits per heavy atom. The molecule has 0 amide bonds. The number of hydrogen-bond donors (Lipinski definition) is 2. The number of nitrogens with one attached hydrogen (secondary N) is 1. The number of methoxy groups -OCH3 is 1. The van der Waals surface area contributed by atoms with Crippen LogP contribution >= 0.6 is 0 Å². The van der Waals surface area contributed by atoms with E-state index in [1.165, 1.54) is 25.7 Å². The monoisotopic (exact) mass is 257 g/mol. The summed E-state index contributed by atoms with van der Waals surface area (Å²) in [7, 11) is 1.72. The minimum Gasteiger partial charge on any atom is -0.396 e. The highest BCUT2D eigenvalue weighted by Gasteiger charge is 2.30. The first-order valence-corrected chi connectivity index (χ1v) is 7.33. The molecule has 108 valence electrons. The summed E-state index contributed by atoms with van der Waals surface area (Å²) < 4.78 is 5.20. The van der Waals surface area contributed by atoms with E-state index in [-0.39, 0.29) is 6.61 Å². The first-order chi connectivity index (χ1) is 8.47. The van der Waals surface area contributed by atoms with Crippen molar-refractivity contribution in [2.24, 2.45) is 11.3 Å². The average Bonchev–Trinajstić information content (AvgIpc) is 2.29. The van der Waals surface area contributed by atoms with Crippen LogP contribution in [0.15, 0.2) is 0 Å². The lowest BCUT2D eigenvalue weighted by Crippen LogP contribution is -2.44. The number of rotatable bonds is 6. The third kappa shape index (κ3) is 5.25. The largest absolute Gasteiger partial charge is 0.396 e. The molecule has 1 saturated carbocycles. The summed E-state index contributed by atoms with van der Waals surface area (Å²) in [5.74, 6) is 0.856. The van der Waals surface area contributed by atoms with Crippen molar-refractivity contribution in [2.45, 2.75) is 65.0 Å². The minimum atomic E-state index is 0.234. The Balaban J connectivity index is 2.33. The highest BCUT2D eigenvalue weighted by Crippen LogP contribution is 2.37. The maximum absolute atomic E-state index is 9.05. The van der Waals surface area contributed by atoms with Crippen molar-refractivity contribution in [2.75, 3.05) is 20.3 Å². The molecule has 1 atom stereocenters. The van der Waals surface area contributed by atoms with Gasteiger partial charge in [0.1, 0.15) is 0 Å². The van der Waals surface area contributed by atoms with Crippen LogP contribution in [-0.4, -0.2) is 37.5 Å². The summed E-state index contributed by atoms with van der Waals surface area (Å²) in [6.07, 6.45) is 5.94. The molecule has 0 heterocycles. The Morgan fingerprint density at radius 2 is 1.83 bits per heavy atom. The fraction of sp³-hybridized carbons (Fsp3) is 1.00. The molecular weight excluding hydrogens is 226 g/mol. The maximum Gasteiger partial charge on any atom is 0.0616 e. The van der Waals surface area contributed by atoms with E-state index in [0.29, 0.717) is 24.1 Å². The van der Waals surface area contributed by atoms with E-state index in [1.807, 2.05) is 0 Å². The molecule has 0 spiro atoms. The van der Waals surface area contributed by atoms with Crippen molar-refractivity contribution >= 4 is 0 Å². The Hall–Kier alpha value is -0.120. The van der Waals surface area contributed by atoms with E-state index in [1.54, 1.807) is 7.11 Å². The number of aliphatic hydroxyl groups excluding tert-OH is 1. The van der Waals surface area contributed by atoms with Gasteiger partial charge in [-0.1, -0.05) is 20.8 Å². The van der Waals surface area contributed by atoms with Gasteiger partial charge < -0.3 is 15.2 Å². The van der Waals surface area contributed by atoms with Crippen LogP contribution in [0.4, 0.5) is 0 Å². The lowest BCUT2D eigenvalue weighted by molar-refractivity contribution is 0.120. The lowest BCUT2D eigenvalue weighted by atomic mass is 9.71. The van der Waals surface area contributed by atoms with Crippen molar-refractivity contribution in [3.8, 4) is 0 Å². The molecule has 3 heteroatoms. The number of hydrogen-bond acceptors (Lipinski definition) is 3. The normalized spacial score (nSPS) is 27.2. The molecule has 1 aliphatic rings. The first-order valence-electron chi connectivity index (χ1n) is 7.33. The topological polar surface area (TPSA) is 41.5 Å². The molecule has 1 aliphatic carbocycles. The van der Waals surface area contributed by atoms with E-state index >= 15 is 0 Å². The van der Waals surface area contributed by atoms with Crippen LogP contribution in [0.3, 0.4) is 0 Å². The predicted molar refractivity (Wildman–Crippen MR) is 75.7 cm³/mol. The van der Waals surface area contributed by atoms with Crippen molar-refractivity contribution in [1.29, 1.82) is 0 Å². The van der Waals surface area contributed by atoms with Crippen LogP contribution in [0.5, 0.6) is 0 Å². The maximum atomic E-state index is 9.05. The molecule has 0 bridgehead atoms. The lowest BCUT2D eigenvalue weighted by Gasteiger charge is -2.38. The molecule has 0 aromatic rings. The zero-order chi connectivity index (χ0) is 13.6. The molecule has 0 saturated heterocycles. The van der Waals surface area contributed by atoms with E-state index in [9.17, 15) is 0 Å². The summed E-state index contributed by atoms with van der Waals surface area (Å²) in [5, 5.41) is 12.7. The van der Waals surface area contributed by atoms with Gasteiger partial charge in [-0.2, -0.15) is 0 Å². The van der Waals surface area contributed by atoms with Gasteiger partial charge in [-0.25, -0.2) is 0 Å². The molecule has 3 nitrogen and oxygen atoms in total. The summed E-state index contributed by atoms with van der Waals surface area (Å²) >= 11 is 0. The molecule has 2 N–H and O–H groups in total. The quantitative estimate of drug-likeness (QED) is 0.768. The molecular formula is C15H31NO2. The van der Waals surface area contributed by atoms with Crippen LogP contribution in [-0.2, 0) is 4.74 Å². The van der Waals surface area contributed by atoms with Crippen LogP contribution in [0, 0.1) is 11.3 Å². The Kier molecular flexibility index (Phi) is 6.61. The third-order valence-corrected chi connectivity index (χ3v) is 4.27. The van der Waals surface area contributed by atoms with Gasteiger partial charge in [0.25, 0.3) is 0 Å². The fourth-order valence-electron chi connectivity index (χ4n) is 3.03. The Morgan fingerprint density at radius 1 is 1.22 bits per heavy atom. The summed E-state index contributed by atoms with van der Waals surface area (Å²) in [5.41, 5.74) is 0.446. The van der Waals surface area contributed by atoms with Gasteiger partial charge in [-0.3, -0.25) is 0 Å². The van der Waals surface area contributed by atoms with Crippen LogP contribution < -0.4 is 5.32 Å². The van der Waals surface area contributed by atoms with Crippen molar-refractivity contribution in [3.05, 3.63) is 0 Å². The molecule has 0 aromatic heterocycles. The Labute approximate surface area is 112 Å². The first kappa shape index (κ1) is 15.9. The van der Waals surface area contributed by atoms with Crippen LogP contribution in [0.2, 0.25) is 0 Å².